The Balaban J connectivity index is 1.46. The molecule has 1 fully saturated rings. The first-order valence-corrected chi connectivity index (χ1v) is 9.22. The van der Waals surface area contributed by atoms with Gasteiger partial charge in [-0.1, -0.05) is 0 Å². The fourth-order valence-electron chi connectivity index (χ4n) is 2.95. The quantitative estimate of drug-likeness (QED) is 0.641. The van der Waals surface area contributed by atoms with Crippen LogP contribution in [0.25, 0.3) is 11.0 Å². The highest BCUT2D eigenvalue weighted by Crippen LogP contribution is 2.31. The van der Waals surface area contributed by atoms with Gasteiger partial charge >= 0.3 is 6.18 Å². The molecular weight excluding hydrogens is 401 g/mol. The largest absolute Gasteiger partial charge is 0.416 e. The molecule has 11 heteroatoms. The SMILES string of the molecule is O=C(CN(CC1CC1)C(=O)c1ccc(C(F)(F)F)cc1)Nc1ncc2cn[nH]c2n1. The van der Waals surface area contributed by atoms with Gasteiger partial charge in [0.2, 0.25) is 11.9 Å². The molecule has 30 heavy (non-hydrogen) atoms. The van der Waals surface area contributed by atoms with E-state index in [9.17, 15) is 22.8 Å². The van der Waals surface area contributed by atoms with E-state index in [4.69, 9.17) is 0 Å². The highest BCUT2D eigenvalue weighted by molar-refractivity contribution is 5.99. The smallest absolute Gasteiger partial charge is 0.329 e. The van der Waals surface area contributed by atoms with E-state index in [-0.39, 0.29) is 24.0 Å². The number of nitrogens with one attached hydrogen (secondary N) is 2. The van der Waals surface area contributed by atoms with Crippen LogP contribution in [0, 0.1) is 5.92 Å². The molecule has 0 aliphatic heterocycles. The summed E-state index contributed by atoms with van der Waals surface area (Å²) in [5, 5.41) is 9.70. The zero-order chi connectivity index (χ0) is 21.3. The first-order valence-electron chi connectivity index (χ1n) is 9.22. The molecular formula is C19H17F3N6O2. The van der Waals surface area contributed by atoms with Crippen LogP contribution in [0.1, 0.15) is 28.8 Å². The third kappa shape index (κ3) is 4.56. The van der Waals surface area contributed by atoms with Gasteiger partial charge in [0.15, 0.2) is 5.65 Å². The molecule has 8 nitrogen and oxygen atoms in total. The van der Waals surface area contributed by atoms with E-state index in [0.717, 1.165) is 37.1 Å². The van der Waals surface area contributed by atoms with E-state index in [1.54, 1.807) is 6.20 Å². The Bertz CT molecular complexity index is 1080. The summed E-state index contributed by atoms with van der Waals surface area (Å²) in [6.45, 7) is 0.0917. The van der Waals surface area contributed by atoms with Crippen molar-refractivity contribution in [1.29, 1.82) is 0 Å². The van der Waals surface area contributed by atoms with Gasteiger partial charge in [0, 0.05) is 18.3 Å². The molecule has 0 bridgehead atoms. The second-order valence-corrected chi connectivity index (χ2v) is 7.12. The van der Waals surface area contributed by atoms with Crippen LogP contribution in [0.5, 0.6) is 0 Å². The summed E-state index contributed by atoms with van der Waals surface area (Å²) in [4.78, 5) is 34.8. The maximum Gasteiger partial charge on any atom is 0.416 e. The number of aromatic amines is 1. The van der Waals surface area contributed by atoms with Crippen LogP contribution >= 0.6 is 0 Å². The molecule has 1 saturated carbocycles. The first-order chi connectivity index (χ1) is 14.3. The van der Waals surface area contributed by atoms with E-state index < -0.39 is 23.6 Å². The number of alkyl halides is 3. The fourth-order valence-corrected chi connectivity index (χ4v) is 2.95. The second kappa shape index (κ2) is 7.73. The molecule has 1 aliphatic carbocycles. The standard InChI is InChI=1S/C19H17F3N6O2/c20-19(21,22)14-5-3-12(4-6-14)17(30)28(9-11-1-2-11)10-15(29)25-18-23-7-13-8-24-27-16(13)26-18/h3-8,11H,1-2,9-10H2,(H2,23,24,25,26,27,29). The molecule has 1 aromatic carbocycles. The molecule has 0 unspecified atom stereocenters. The van der Waals surface area contributed by atoms with E-state index in [0.29, 0.717) is 17.6 Å². The zero-order valence-electron chi connectivity index (χ0n) is 15.6. The highest BCUT2D eigenvalue weighted by Gasteiger charge is 2.32. The second-order valence-electron chi connectivity index (χ2n) is 7.12. The number of amides is 2. The van der Waals surface area contributed by atoms with Crippen LogP contribution in [-0.2, 0) is 11.0 Å². The van der Waals surface area contributed by atoms with Crippen molar-refractivity contribution in [1.82, 2.24) is 25.1 Å². The number of halogens is 3. The van der Waals surface area contributed by atoms with Gasteiger partial charge in [-0.3, -0.25) is 20.0 Å². The normalized spacial score (nSPS) is 14.0. The van der Waals surface area contributed by atoms with Crippen LogP contribution in [0.15, 0.2) is 36.7 Å². The van der Waals surface area contributed by atoms with Gasteiger partial charge in [-0.15, -0.1) is 0 Å². The lowest BCUT2D eigenvalue weighted by Gasteiger charge is -2.22. The molecule has 3 aromatic rings. The Morgan fingerprint density at radius 3 is 2.57 bits per heavy atom. The van der Waals surface area contributed by atoms with Gasteiger partial charge in [-0.2, -0.15) is 23.3 Å². The molecule has 1 aliphatic rings. The lowest BCUT2D eigenvalue weighted by Crippen LogP contribution is -2.39. The van der Waals surface area contributed by atoms with Crippen molar-refractivity contribution in [2.75, 3.05) is 18.4 Å². The van der Waals surface area contributed by atoms with Gasteiger partial charge in [0.1, 0.15) is 6.54 Å². The molecule has 2 heterocycles. The summed E-state index contributed by atoms with van der Waals surface area (Å²) < 4.78 is 38.2. The van der Waals surface area contributed by atoms with Crippen molar-refractivity contribution < 1.29 is 22.8 Å². The number of hydrogen-bond donors (Lipinski definition) is 2. The molecule has 156 valence electrons. The molecule has 2 N–H and O–H groups in total. The van der Waals surface area contributed by atoms with Crippen LogP contribution in [-0.4, -0.2) is 50.0 Å². The molecule has 2 aromatic heterocycles. The minimum atomic E-state index is -4.48. The van der Waals surface area contributed by atoms with Gasteiger partial charge in [-0.05, 0) is 43.0 Å². The maximum absolute atomic E-state index is 12.8. The van der Waals surface area contributed by atoms with Crippen LogP contribution in [0.4, 0.5) is 19.1 Å². The van der Waals surface area contributed by atoms with Crippen LogP contribution < -0.4 is 5.32 Å². The molecule has 0 saturated heterocycles. The van der Waals surface area contributed by atoms with Crippen molar-refractivity contribution in [2.24, 2.45) is 5.92 Å². The highest BCUT2D eigenvalue weighted by atomic mass is 19.4. The summed E-state index contributed by atoms with van der Waals surface area (Å²) in [5.74, 6) is -0.663. The van der Waals surface area contributed by atoms with E-state index in [1.165, 1.54) is 11.1 Å². The predicted octanol–water partition coefficient (Wildman–Crippen LogP) is 2.86. The fraction of sp³-hybridized carbons (Fsp3) is 0.316. The molecule has 4 rings (SSSR count). The summed E-state index contributed by atoms with van der Waals surface area (Å²) in [7, 11) is 0. The number of anilines is 1. The Hall–Kier alpha value is -3.50. The lowest BCUT2D eigenvalue weighted by molar-refractivity contribution is -0.137. The third-order valence-corrected chi connectivity index (χ3v) is 4.70. The summed E-state index contributed by atoms with van der Waals surface area (Å²) >= 11 is 0. The molecule has 2 amide bonds. The van der Waals surface area contributed by atoms with E-state index in [2.05, 4.69) is 25.5 Å². The molecule has 0 radical (unpaired) electrons. The number of carbonyl (C=O) groups excluding carboxylic acids is 2. The maximum atomic E-state index is 12.8. The molecule has 0 spiro atoms. The van der Waals surface area contributed by atoms with E-state index >= 15 is 0 Å². The average molecular weight is 418 g/mol. The molecule has 0 atom stereocenters. The topological polar surface area (TPSA) is 104 Å². The number of H-pyrrole nitrogens is 1. The Morgan fingerprint density at radius 2 is 1.90 bits per heavy atom. The monoisotopic (exact) mass is 418 g/mol. The first kappa shape index (κ1) is 19.8. The van der Waals surface area contributed by atoms with Crippen LogP contribution in [0.3, 0.4) is 0 Å². The number of fused-ring (bicyclic) bond motifs is 1. The van der Waals surface area contributed by atoms with Crippen LogP contribution in [0.2, 0.25) is 0 Å². The number of aromatic nitrogens is 4. The van der Waals surface area contributed by atoms with Gasteiger partial charge in [0.05, 0.1) is 17.1 Å². The number of nitrogens with zero attached hydrogens (tertiary/aromatic N) is 4. The predicted molar refractivity (Wildman–Crippen MR) is 100 cm³/mol. The summed E-state index contributed by atoms with van der Waals surface area (Å²) in [5.41, 5.74) is -0.292. The van der Waals surface area contributed by atoms with Crippen molar-refractivity contribution in [3.63, 3.8) is 0 Å². The van der Waals surface area contributed by atoms with Crippen molar-refractivity contribution in [3.05, 3.63) is 47.8 Å². The Morgan fingerprint density at radius 1 is 1.17 bits per heavy atom. The zero-order valence-corrected chi connectivity index (χ0v) is 15.6. The van der Waals surface area contributed by atoms with Gasteiger partial charge in [0.25, 0.3) is 5.91 Å². The van der Waals surface area contributed by atoms with Crippen molar-refractivity contribution in [3.8, 4) is 0 Å². The minimum Gasteiger partial charge on any atom is -0.329 e. The average Bonchev–Trinajstić information content (AvgIpc) is 3.40. The number of carbonyl (C=O) groups is 2. The number of hydrogen-bond acceptors (Lipinski definition) is 5. The summed E-state index contributed by atoms with van der Waals surface area (Å²) in [6, 6.07) is 3.96. The lowest BCUT2D eigenvalue weighted by atomic mass is 10.1. The Labute approximate surface area is 168 Å². The Kier molecular flexibility index (Phi) is 5.10. The van der Waals surface area contributed by atoms with Gasteiger partial charge < -0.3 is 4.90 Å². The van der Waals surface area contributed by atoms with Crippen molar-refractivity contribution >= 4 is 28.8 Å². The van der Waals surface area contributed by atoms with E-state index in [1.807, 2.05) is 0 Å². The van der Waals surface area contributed by atoms with Gasteiger partial charge in [-0.25, -0.2) is 4.98 Å². The number of rotatable bonds is 6. The summed E-state index contributed by atoms with van der Waals surface area (Å²) in [6.07, 6.45) is 0.443. The third-order valence-electron chi connectivity index (χ3n) is 4.70. The number of benzene rings is 1. The minimum absolute atomic E-state index is 0.0603. The van der Waals surface area contributed by atoms with Crippen molar-refractivity contribution in [2.45, 2.75) is 19.0 Å².